The third kappa shape index (κ3) is 3.54. The highest BCUT2D eigenvalue weighted by molar-refractivity contribution is 7.80. The van der Waals surface area contributed by atoms with Crippen molar-refractivity contribution in [3.8, 4) is 0 Å². The van der Waals surface area contributed by atoms with E-state index in [-0.39, 0.29) is 0 Å². The zero-order valence-corrected chi connectivity index (χ0v) is 16.7. The summed E-state index contributed by atoms with van der Waals surface area (Å²) in [6.45, 7) is 0. The van der Waals surface area contributed by atoms with Crippen LogP contribution in [0.25, 0.3) is 0 Å². The average Bonchev–Trinajstić information content (AvgIpc) is 2.69. The summed E-state index contributed by atoms with van der Waals surface area (Å²) in [5, 5.41) is 10.8. The molecule has 0 atom stereocenters. The van der Waals surface area contributed by atoms with Crippen LogP contribution >= 0.6 is 7.92 Å². The molecule has 0 fully saturated rings. The van der Waals surface area contributed by atoms with E-state index < -0.39 is 7.92 Å². The number of hydrogen-bond acceptors (Lipinski definition) is 3. The standard InChI is InChI=1S/C22H26N3P/c1-23-17-11-5-8-14-20(17)26(21-15-9-6-12-18(21)24-2)22-16-10-7-13-19(22)25(3)4/h5-16,23-24H,1-4H3. The molecule has 134 valence electrons. The normalized spacial score (nSPS) is 10.7. The Morgan fingerprint density at radius 2 is 1.04 bits per heavy atom. The van der Waals surface area contributed by atoms with Crippen LogP contribution in [0.5, 0.6) is 0 Å². The van der Waals surface area contributed by atoms with E-state index in [1.165, 1.54) is 33.0 Å². The highest BCUT2D eigenvalue weighted by Gasteiger charge is 2.24. The molecular weight excluding hydrogens is 337 g/mol. The molecule has 0 spiro atoms. The summed E-state index contributed by atoms with van der Waals surface area (Å²) < 4.78 is 0. The van der Waals surface area contributed by atoms with Crippen molar-refractivity contribution in [2.45, 2.75) is 0 Å². The van der Waals surface area contributed by atoms with Gasteiger partial charge in [0.25, 0.3) is 0 Å². The second kappa shape index (κ2) is 8.25. The molecule has 3 aromatic rings. The van der Waals surface area contributed by atoms with E-state index in [1.54, 1.807) is 0 Å². The van der Waals surface area contributed by atoms with Gasteiger partial charge < -0.3 is 15.5 Å². The molecule has 0 amide bonds. The Morgan fingerprint density at radius 3 is 1.50 bits per heavy atom. The van der Waals surface area contributed by atoms with Gasteiger partial charge in [-0.1, -0.05) is 54.6 Å². The predicted octanol–water partition coefficient (Wildman–Crippen LogP) is 3.59. The highest BCUT2D eigenvalue weighted by Crippen LogP contribution is 2.40. The third-order valence-electron chi connectivity index (χ3n) is 4.43. The minimum absolute atomic E-state index is 0.719. The van der Waals surface area contributed by atoms with Crippen molar-refractivity contribution in [2.24, 2.45) is 0 Å². The highest BCUT2D eigenvalue weighted by atomic mass is 31.1. The Labute approximate surface area is 157 Å². The van der Waals surface area contributed by atoms with Crippen molar-refractivity contribution in [1.82, 2.24) is 0 Å². The predicted molar refractivity (Wildman–Crippen MR) is 119 cm³/mol. The number of nitrogens with one attached hydrogen (secondary N) is 2. The lowest BCUT2D eigenvalue weighted by Crippen LogP contribution is -2.28. The van der Waals surface area contributed by atoms with Crippen LogP contribution in [0, 0.1) is 0 Å². The van der Waals surface area contributed by atoms with Crippen molar-refractivity contribution >= 4 is 40.9 Å². The maximum Gasteiger partial charge on any atom is 0.0445 e. The lowest BCUT2D eigenvalue weighted by molar-refractivity contribution is 1.14. The topological polar surface area (TPSA) is 27.3 Å². The first-order valence-corrected chi connectivity index (χ1v) is 10.1. The van der Waals surface area contributed by atoms with Crippen molar-refractivity contribution in [2.75, 3.05) is 43.7 Å². The molecule has 0 radical (unpaired) electrons. The van der Waals surface area contributed by atoms with Crippen LogP contribution in [0.1, 0.15) is 0 Å². The van der Waals surface area contributed by atoms with Gasteiger partial charge in [0.2, 0.25) is 0 Å². The summed E-state index contributed by atoms with van der Waals surface area (Å²) in [5.41, 5.74) is 3.62. The molecule has 0 heterocycles. The van der Waals surface area contributed by atoms with E-state index in [0.29, 0.717) is 0 Å². The van der Waals surface area contributed by atoms with E-state index in [1.807, 2.05) is 14.1 Å². The van der Waals surface area contributed by atoms with E-state index >= 15 is 0 Å². The van der Waals surface area contributed by atoms with Gasteiger partial charge in [-0.2, -0.15) is 0 Å². The molecule has 26 heavy (non-hydrogen) atoms. The van der Waals surface area contributed by atoms with Crippen molar-refractivity contribution in [3.05, 3.63) is 72.8 Å². The number of nitrogens with zero attached hydrogens (tertiary/aromatic N) is 1. The first-order valence-electron chi connectivity index (χ1n) is 8.77. The monoisotopic (exact) mass is 363 g/mol. The smallest absolute Gasteiger partial charge is 0.0445 e. The van der Waals surface area contributed by atoms with Crippen molar-refractivity contribution < 1.29 is 0 Å². The van der Waals surface area contributed by atoms with Gasteiger partial charge >= 0.3 is 0 Å². The van der Waals surface area contributed by atoms with Crippen LogP contribution in [-0.2, 0) is 0 Å². The van der Waals surface area contributed by atoms with Crippen molar-refractivity contribution in [1.29, 1.82) is 0 Å². The van der Waals surface area contributed by atoms with Gasteiger partial charge in [-0.3, -0.25) is 0 Å². The van der Waals surface area contributed by atoms with Gasteiger partial charge in [0.05, 0.1) is 0 Å². The van der Waals surface area contributed by atoms with Gasteiger partial charge in [0, 0.05) is 61.2 Å². The maximum atomic E-state index is 3.38. The number of benzene rings is 3. The van der Waals surface area contributed by atoms with Crippen LogP contribution in [0.4, 0.5) is 17.1 Å². The second-order valence-corrected chi connectivity index (χ2v) is 8.37. The summed E-state index contributed by atoms with van der Waals surface area (Å²) in [5.74, 6) is 0. The van der Waals surface area contributed by atoms with Gasteiger partial charge in [-0.25, -0.2) is 0 Å². The molecule has 0 saturated carbocycles. The van der Waals surface area contributed by atoms with Crippen LogP contribution in [0.15, 0.2) is 72.8 Å². The van der Waals surface area contributed by atoms with Gasteiger partial charge in [0.15, 0.2) is 0 Å². The molecule has 3 rings (SSSR count). The molecule has 0 unspecified atom stereocenters. The van der Waals surface area contributed by atoms with E-state index in [2.05, 4.69) is 102 Å². The molecule has 0 saturated heterocycles. The summed E-state index contributed by atoms with van der Waals surface area (Å²) in [6, 6.07) is 26.0. The fourth-order valence-electron chi connectivity index (χ4n) is 3.18. The summed E-state index contributed by atoms with van der Waals surface area (Å²) in [6.07, 6.45) is 0. The molecule has 0 aliphatic rings. The first-order chi connectivity index (χ1) is 12.7. The molecule has 4 heteroatoms. The quantitative estimate of drug-likeness (QED) is 0.656. The molecule has 3 nitrogen and oxygen atoms in total. The summed E-state index contributed by atoms with van der Waals surface area (Å²) in [4.78, 5) is 2.20. The van der Waals surface area contributed by atoms with Gasteiger partial charge in [-0.05, 0) is 26.1 Å². The van der Waals surface area contributed by atoms with Gasteiger partial charge in [-0.15, -0.1) is 0 Å². The minimum atomic E-state index is -0.719. The molecule has 2 N–H and O–H groups in total. The molecule has 0 bridgehead atoms. The largest absolute Gasteiger partial charge is 0.388 e. The van der Waals surface area contributed by atoms with Crippen LogP contribution in [-0.4, -0.2) is 28.2 Å². The average molecular weight is 363 g/mol. The zero-order valence-electron chi connectivity index (χ0n) is 15.8. The SMILES string of the molecule is CNc1ccccc1P(c1ccccc1NC)c1ccccc1N(C)C. The molecular formula is C22H26N3P. The van der Waals surface area contributed by atoms with E-state index in [9.17, 15) is 0 Å². The molecule has 0 aliphatic carbocycles. The van der Waals surface area contributed by atoms with E-state index in [0.717, 1.165) is 0 Å². The number of hydrogen-bond donors (Lipinski definition) is 2. The van der Waals surface area contributed by atoms with E-state index in [4.69, 9.17) is 0 Å². The third-order valence-corrected chi connectivity index (χ3v) is 7.04. The Morgan fingerprint density at radius 1 is 0.615 bits per heavy atom. The molecule has 0 aromatic heterocycles. The lowest BCUT2D eigenvalue weighted by Gasteiger charge is -2.28. The van der Waals surface area contributed by atoms with Crippen LogP contribution in [0.2, 0.25) is 0 Å². The van der Waals surface area contributed by atoms with Crippen LogP contribution < -0.4 is 31.4 Å². The first kappa shape index (κ1) is 18.3. The van der Waals surface area contributed by atoms with Gasteiger partial charge in [0.1, 0.15) is 0 Å². The second-order valence-electron chi connectivity index (χ2n) is 6.25. The minimum Gasteiger partial charge on any atom is -0.388 e. The van der Waals surface area contributed by atoms with Crippen molar-refractivity contribution in [3.63, 3.8) is 0 Å². The fraction of sp³-hybridized carbons (Fsp3) is 0.182. The molecule has 3 aromatic carbocycles. The Hall–Kier alpha value is -2.51. The Kier molecular flexibility index (Phi) is 5.80. The summed E-state index contributed by atoms with van der Waals surface area (Å²) in [7, 11) is 7.49. The fourth-order valence-corrected chi connectivity index (χ4v) is 6.02. The number of rotatable bonds is 6. The zero-order chi connectivity index (χ0) is 18.5. The lowest BCUT2D eigenvalue weighted by atomic mass is 10.3. The molecule has 0 aliphatic heterocycles. The Balaban J connectivity index is 2.31. The van der Waals surface area contributed by atoms with Crippen LogP contribution in [0.3, 0.4) is 0 Å². The maximum absolute atomic E-state index is 3.38. The number of para-hydroxylation sites is 3. The summed E-state index contributed by atoms with van der Waals surface area (Å²) >= 11 is 0. The Bertz CT molecular complexity index is 829. The number of anilines is 3.